The minimum atomic E-state index is 0.290. The van der Waals surface area contributed by atoms with Gasteiger partial charge >= 0.3 is 0 Å². The van der Waals surface area contributed by atoms with Gasteiger partial charge in [-0.3, -0.25) is 0 Å². The van der Waals surface area contributed by atoms with Crippen molar-refractivity contribution in [1.29, 1.82) is 0 Å². The molecule has 0 bridgehead atoms. The fourth-order valence-corrected chi connectivity index (χ4v) is 2.88. The lowest BCUT2D eigenvalue weighted by molar-refractivity contribution is 0.264. The van der Waals surface area contributed by atoms with Gasteiger partial charge in [-0.2, -0.15) is 0 Å². The standard InChI is InChI=1S/C14H21ClN2O/c1-16-7-6-11(8-16)9-17(2)10-12-13(15)4-3-5-14(12)18/h3-5,11,18H,6-10H2,1-2H3. The molecule has 2 rings (SSSR count). The van der Waals surface area contributed by atoms with Gasteiger partial charge in [-0.05, 0) is 45.1 Å². The van der Waals surface area contributed by atoms with Gasteiger partial charge in [0, 0.05) is 30.2 Å². The van der Waals surface area contributed by atoms with E-state index in [1.54, 1.807) is 12.1 Å². The normalized spacial score (nSPS) is 20.8. The van der Waals surface area contributed by atoms with Crippen molar-refractivity contribution in [3.8, 4) is 5.75 Å². The summed E-state index contributed by atoms with van der Waals surface area (Å²) in [5.41, 5.74) is 0.827. The van der Waals surface area contributed by atoms with Crippen LogP contribution < -0.4 is 0 Å². The van der Waals surface area contributed by atoms with E-state index in [1.165, 1.54) is 19.5 Å². The van der Waals surface area contributed by atoms with E-state index in [9.17, 15) is 5.11 Å². The van der Waals surface area contributed by atoms with Crippen molar-refractivity contribution >= 4 is 11.6 Å². The van der Waals surface area contributed by atoms with Crippen LogP contribution in [0, 0.1) is 5.92 Å². The van der Waals surface area contributed by atoms with Crippen molar-refractivity contribution in [2.45, 2.75) is 13.0 Å². The van der Waals surface area contributed by atoms with Gasteiger partial charge in [-0.15, -0.1) is 0 Å². The molecule has 4 heteroatoms. The van der Waals surface area contributed by atoms with Crippen LogP contribution in [-0.2, 0) is 6.54 Å². The number of nitrogens with zero attached hydrogens (tertiary/aromatic N) is 2. The number of phenolic OH excluding ortho intramolecular Hbond substituents is 1. The number of likely N-dealkylation sites (tertiary alicyclic amines) is 1. The minimum absolute atomic E-state index is 0.290. The van der Waals surface area contributed by atoms with Gasteiger partial charge in [0.05, 0.1) is 0 Å². The van der Waals surface area contributed by atoms with Gasteiger partial charge < -0.3 is 14.9 Å². The van der Waals surface area contributed by atoms with Crippen LogP contribution in [0.1, 0.15) is 12.0 Å². The Bertz CT molecular complexity index is 391. The molecule has 1 saturated heterocycles. The molecule has 0 aromatic heterocycles. The Morgan fingerprint density at radius 3 is 2.89 bits per heavy atom. The molecule has 1 aromatic carbocycles. The van der Waals surface area contributed by atoms with Crippen molar-refractivity contribution in [2.24, 2.45) is 5.92 Å². The number of halogens is 1. The van der Waals surface area contributed by atoms with Gasteiger partial charge in [0.2, 0.25) is 0 Å². The maximum atomic E-state index is 9.82. The summed E-state index contributed by atoms with van der Waals surface area (Å²) in [6.07, 6.45) is 1.26. The van der Waals surface area contributed by atoms with Gasteiger partial charge in [-0.25, -0.2) is 0 Å². The van der Waals surface area contributed by atoms with Crippen LogP contribution in [0.2, 0.25) is 5.02 Å². The molecule has 1 atom stereocenters. The predicted molar refractivity (Wildman–Crippen MR) is 75.1 cm³/mol. The molecule has 0 spiro atoms. The zero-order valence-corrected chi connectivity index (χ0v) is 11.8. The third kappa shape index (κ3) is 3.37. The van der Waals surface area contributed by atoms with E-state index >= 15 is 0 Å². The first-order valence-corrected chi connectivity index (χ1v) is 6.77. The highest BCUT2D eigenvalue weighted by Gasteiger charge is 2.21. The topological polar surface area (TPSA) is 26.7 Å². The van der Waals surface area contributed by atoms with E-state index in [1.807, 2.05) is 6.07 Å². The summed E-state index contributed by atoms with van der Waals surface area (Å²) >= 11 is 6.12. The molecule has 0 radical (unpaired) electrons. The van der Waals surface area contributed by atoms with Crippen LogP contribution in [0.4, 0.5) is 0 Å². The van der Waals surface area contributed by atoms with Crippen molar-refractivity contribution in [2.75, 3.05) is 33.7 Å². The molecular formula is C14H21ClN2O. The molecule has 1 aliphatic heterocycles. The number of hydrogen-bond donors (Lipinski definition) is 1. The number of benzene rings is 1. The molecule has 1 aliphatic rings. The quantitative estimate of drug-likeness (QED) is 0.909. The molecule has 3 nitrogen and oxygen atoms in total. The van der Waals surface area contributed by atoms with Crippen LogP contribution in [0.5, 0.6) is 5.75 Å². The third-order valence-corrected chi connectivity index (χ3v) is 3.94. The molecular weight excluding hydrogens is 248 g/mol. The van der Waals surface area contributed by atoms with Crippen molar-refractivity contribution < 1.29 is 5.11 Å². The molecule has 1 fully saturated rings. The number of phenols is 1. The maximum absolute atomic E-state index is 9.82. The first-order valence-electron chi connectivity index (χ1n) is 6.39. The SMILES string of the molecule is CN1CCC(CN(C)Cc2c(O)cccc2Cl)C1. The fraction of sp³-hybridized carbons (Fsp3) is 0.571. The molecule has 1 aromatic rings. The summed E-state index contributed by atoms with van der Waals surface area (Å²) in [7, 11) is 4.25. The van der Waals surface area contributed by atoms with Crippen molar-refractivity contribution in [3.63, 3.8) is 0 Å². The van der Waals surface area contributed by atoms with Crippen LogP contribution in [0.15, 0.2) is 18.2 Å². The number of aromatic hydroxyl groups is 1. The van der Waals surface area contributed by atoms with E-state index in [4.69, 9.17) is 11.6 Å². The second kappa shape index (κ2) is 5.91. The first-order chi connectivity index (χ1) is 8.56. The average Bonchev–Trinajstić information content (AvgIpc) is 2.69. The number of rotatable bonds is 4. The van der Waals surface area contributed by atoms with Gasteiger partial charge in [0.1, 0.15) is 5.75 Å². The highest BCUT2D eigenvalue weighted by Crippen LogP contribution is 2.27. The predicted octanol–water partition coefficient (Wildman–Crippen LogP) is 2.43. The van der Waals surface area contributed by atoms with E-state index in [-0.39, 0.29) is 5.75 Å². The summed E-state index contributed by atoms with van der Waals surface area (Å²) in [6.45, 7) is 4.11. The minimum Gasteiger partial charge on any atom is -0.508 e. The van der Waals surface area contributed by atoms with E-state index < -0.39 is 0 Å². The molecule has 0 amide bonds. The van der Waals surface area contributed by atoms with Crippen molar-refractivity contribution in [1.82, 2.24) is 9.80 Å². The van der Waals surface area contributed by atoms with Gasteiger partial charge in [0.25, 0.3) is 0 Å². The zero-order chi connectivity index (χ0) is 13.1. The highest BCUT2D eigenvalue weighted by atomic mass is 35.5. The maximum Gasteiger partial charge on any atom is 0.121 e. The molecule has 18 heavy (non-hydrogen) atoms. The largest absolute Gasteiger partial charge is 0.508 e. The summed E-state index contributed by atoms with van der Waals surface area (Å²) in [6, 6.07) is 5.29. The monoisotopic (exact) mass is 268 g/mol. The lowest BCUT2D eigenvalue weighted by Gasteiger charge is -2.21. The lowest BCUT2D eigenvalue weighted by Crippen LogP contribution is -2.27. The third-order valence-electron chi connectivity index (χ3n) is 3.58. The highest BCUT2D eigenvalue weighted by molar-refractivity contribution is 6.31. The Morgan fingerprint density at radius 2 is 2.28 bits per heavy atom. The Hall–Kier alpha value is -0.770. The fourth-order valence-electron chi connectivity index (χ4n) is 2.65. The van der Waals surface area contributed by atoms with E-state index in [0.29, 0.717) is 11.6 Å². The lowest BCUT2D eigenvalue weighted by atomic mass is 10.1. The smallest absolute Gasteiger partial charge is 0.121 e. The van der Waals surface area contributed by atoms with Crippen LogP contribution in [0.25, 0.3) is 0 Å². The molecule has 1 unspecified atom stereocenters. The second-order valence-corrected chi connectivity index (χ2v) is 5.76. The molecule has 0 saturated carbocycles. The first kappa shape index (κ1) is 13.7. The molecule has 100 valence electrons. The molecule has 0 aliphatic carbocycles. The van der Waals surface area contributed by atoms with E-state index in [0.717, 1.165) is 18.0 Å². The van der Waals surface area contributed by atoms with Crippen molar-refractivity contribution in [3.05, 3.63) is 28.8 Å². The van der Waals surface area contributed by atoms with E-state index in [2.05, 4.69) is 23.9 Å². The van der Waals surface area contributed by atoms with Crippen LogP contribution in [-0.4, -0.2) is 48.6 Å². The summed E-state index contributed by atoms with van der Waals surface area (Å²) < 4.78 is 0. The van der Waals surface area contributed by atoms with Crippen LogP contribution in [0.3, 0.4) is 0 Å². The summed E-state index contributed by atoms with van der Waals surface area (Å²) in [4.78, 5) is 4.61. The molecule has 1 N–H and O–H groups in total. The Balaban J connectivity index is 1.93. The summed E-state index contributed by atoms with van der Waals surface area (Å²) in [5, 5.41) is 10.5. The Kier molecular flexibility index (Phi) is 4.49. The Morgan fingerprint density at radius 1 is 1.50 bits per heavy atom. The zero-order valence-electron chi connectivity index (χ0n) is 11.1. The molecule has 1 heterocycles. The van der Waals surface area contributed by atoms with Gasteiger partial charge in [-0.1, -0.05) is 17.7 Å². The average molecular weight is 269 g/mol. The number of hydrogen-bond acceptors (Lipinski definition) is 3. The second-order valence-electron chi connectivity index (χ2n) is 5.35. The summed E-state index contributed by atoms with van der Waals surface area (Å²) in [5.74, 6) is 1.02. The Labute approximate surface area is 114 Å². The van der Waals surface area contributed by atoms with Crippen LogP contribution >= 0.6 is 11.6 Å². The van der Waals surface area contributed by atoms with Gasteiger partial charge in [0.15, 0.2) is 0 Å².